The van der Waals surface area contributed by atoms with E-state index in [-0.39, 0.29) is 0 Å². The summed E-state index contributed by atoms with van der Waals surface area (Å²) >= 11 is 0. The Balaban J connectivity index is 1.72. The standard InChI is InChI=1S/C17H30O2S/c1-2-17(10-5-6-13-20(18)15-17)11-7-12-19-14-16-8-3-4-9-16/h14H,2-13,15H2,1H3. The molecule has 1 saturated heterocycles. The summed E-state index contributed by atoms with van der Waals surface area (Å²) in [5.41, 5.74) is 1.82. The average molecular weight is 298 g/mol. The molecule has 2 rings (SSSR count). The fourth-order valence-corrected chi connectivity index (χ4v) is 5.40. The van der Waals surface area contributed by atoms with Gasteiger partial charge in [-0.2, -0.15) is 0 Å². The molecule has 1 heterocycles. The molecule has 2 unspecified atom stereocenters. The topological polar surface area (TPSA) is 26.3 Å². The summed E-state index contributed by atoms with van der Waals surface area (Å²) in [7, 11) is -0.589. The Morgan fingerprint density at radius 1 is 1.25 bits per heavy atom. The van der Waals surface area contributed by atoms with E-state index in [1.54, 1.807) is 0 Å². The molecule has 1 aliphatic heterocycles. The van der Waals surface area contributed by atoms with Crippen LogP contribution in [0, 0.1) is 5.41 Å². The van der Waals surface area contributed by atoms with Gasteiger partial charge in [-0.3, -0.25) is 4.21 Å². The number of hydrogen-bond donors (Lipinski definition) is 0. The summed E-state index contributed by atoms with van der Waals surface area (Å²) in [5.74, 6) is 1.84. The SMILES string of the molecule is CCC1(CCCOC=C2CCCC2)CCCCS(=O)C1. The Labute approximate surface area is 126 Å². The molecular formula is C17H30O2S. The summed E-state index contributed by atoms with van der Waals surface area (Å²) in [6.07, 6.45) is 14.3. The Morgan fingerprint density at radius 3 is 2.80 bits per heavy atom. The number of rotatable bonds is 6. The lowest BCUT2D eigenvalue weighted by Crippen LogP contribution is -2.26. The molecule has 2 fully saturated rings. The van der Waals surface area contributed by atoms with E-state index in [0.29, 0.717) is 5.41 Å². The third kappa shape index (κ3) is 4.91. The molecule has 1 aliphatic carbocycles. The van der Waals surface area contributed by atoms with E-state index in [4.69, 9.17) is 4.74 Å². The first-order valence-corrected chi connectivity index (χ1v) is 9.87. The Bertz CT molecular complexity index is 343. The first kappa shape index (κ1) is 16.1. The van der Waals surface area contributed by atoms with Gasteiger partial charge in [0.2, 0.25) is 0 Å². The summed E-state index contributed by atoms with van der Waals surface area (Å²) in [4.78, 5) is 0. The molecule has 0 aromatic rings. The van der Waals surface area contributed by atoms with E-state index in [1.807, 2.05) is 6.26 Å². The molecule has 0 aromatic carbocycles. The minimum Gasteiger partial charge on any atom is -0.501 e. The van der Waals surface area contributed by atoms with Crippen molar-refractivity contribution in [3.63, 3.8) is 0 Å². The van der Waals surface area contributed by atoms with Crippen molar-refractivity contribution in [2.45, 2.75) is 71.1 Å². The average Bonchev–Trinajstić information content (AvgIpc) is 2.89. The van der Waals surface area contributed by atoms with Crippen molar-refractivity contribution in [3.05, 3.63) is 11.8 Å². The molecule has 0 spiro atoms. The summed E-state index contributed by atoms with van der Waals surface area (Å²) in [6.45, 7) is 3.10. The van der Waals surface area contributed by atoms with Crippen LogP contribution in [0.4, 0.5) is 0 Å². The second-order valence-electron chi connectivity index (χ2n) is 6.56. The molecular weight excluding hydrogens is 268 g/mol. The normalized spacial score (nSPS) is 31.1. The number of ether oxygens (including phenoxy) is 1. The van der Waals surface area contributed by atoms with Crippen LogP contribution < -0.4 is 0 Å². The van der Waals surface area contributed by atoms with E-state index in [2.05, 4.69) is 6.92 Å². The summed E-state index contributed by atoms with van der Waals surface area (Å²) < 4.78 is 17.7. The molecule has 0 N–H and O–H groups in total. The van der Waals surface area contributed by atoms with Gasteiger partial charge in [-0.25, -0.2) is 0 Å². The van der Waals surface area contributed by atoms with Crippen LogP contribution in [0.2, 0.25) is 0 Å². The quantitative estimate of drug-likeness (QED) is 0.530. The third-order valence-electron chi connectivity index (χ3n) is 5.01. The van der Waals surface area contributed by atoms with Crippen molar-refractivity contribution < 1.29 is 8.95 Å². The highest BCUT2D eigenvalue weighted by atomic mass is 32.2. The second-order valence-corrected chi connectivity index (χ2v) is 8.13. The monoisotopic (exact) mass is 298 g/mol. The fraction of sp³-hybridized carbons (Fsp3) is 0.882. The van der Waals surface area contributed by atoms with Gasteiger partial charge in [0.15, 0.2) is 0 Å². The van der Waals surface area contributed by atoms with Crippen molar-refractivity contribution in [2.75, 3.05) is 18.1 Å². The van der Waals surface area contributed by atoms with Crippen LogP contribution in [0.5, 0.6) is 0 Å². The van der Waals surface area contributed by atoms with E-state index < -0.39 is 10.8 Å². The predicted molar refractivity (Wildman–Crippen MR) is 86.2 cm³/mol. The van der Waals surface area contributed by atoms with Crippen molar-refractivity contribution in [1.29, 1.82) is 0 Å². The van der Waals surface area contributed by atoms with Crippen LogP contribution in [0.1, 0.15) is 71.1 Å². The second kappa shape index (κ2) is 8.21. The molecule has 2 atom stereocenters. The van der Waals surface area contributed by atoms with Crippen molar-refractivity contribution in [3.8, 4) is 0 Å². The van der Waals surface area contributed by atoms with Crippen LogP contribution in [0.3, 0.4) is 0 Å². The maximum atomic E-state index is 12.0. The lowest BCUT2D eigenvalue weighted by molar-refractivity contribution is 0.194. The van der Waals surface area contributed by atoms with Gasteiger partial charge in [0.25, 0.3) is 0 Å². The summed E-state index contributed by atoms with van der Waals surface area (Å²) in [6, 6.07) is 0. The zero-order valence-electron chi connectivity index (χ0n) is 13.0. The molecule has 0 radical (unpaired) electrons. The van der Waals surface area contributed by atoms with Crippen LogP contribution in [0.25, 0.3) is 0 Å². The smallest absolute Gasteiger partial charge is 0.0873 e. The van der Waals surface area contributed by atoms with Gasteiger partial charge in [0.1, 0.15) is 0 Å². The number of allylic oxidation sites excluding steroid dienone is 1. The molecule has 20 heavy (non-hydrogen) atoms. The van der Waals surface area contributed by atoms with E-state index in [0.717, 1.165) is 31.0 Å². The van der Waals surface area contributed by atoms with Gasteiger partial charge in [0, 0.05) is 22.3 Å². The molecule has 1 saturated carbocycles. The van der Waals surface area contributed by atoms with E-state index >= 15 is 0 Å². The Morgan fingerprint density at radius 2 is 2.05 bits per heavy atom. The van der Waals surface area contributed by atoms with Gasteiger partial charge in [0.05, 0.1) is 12.9 Å². The lowest BCUT2D eigenvalue weighted by Gasteiger charge is -2.31. The van der Waals surface area contributed by atoms with Crippen LogP contribution >= 0.6 is 0 Å². The van der Waals surface area contributed by atoms with Crippen LogP contribution in [0.15, 0.2) is 11.8 Å². The van der Waals surface area contributed by atoms with Gasteiger partial charge in [-0.05, 0) is 68.8 Å². The maximum Gasteiger partial charge on any atom is 0.0873 e. The highest BCUT2D eigenvalue weighted by molar-refractivity contribution is 7.85. The predicted octanol–water partition coefficient (Wildman–Crippen LogP) is 4.57. The highest BCUT2D eigenvalue weighted by Gasteiger charge is 2.31. The molecule has 116 valence electrons. The molecule has 0 bridgehead atoms. The van der Waals surface area contributed by atoms with Gasteiger partial charge in [-0.1, -0.05) is 13.3 Å². The van der Waals surface area contributed by atoms with Crippen LogP contribution in [-0.2, 0) is 15.5 Å². The third-order valence-corrected chi connectivity index (χ3v) is 6.69. The number of hydrogen-bond acceptors (Lipinski definition) is 2. The van der Waals surface area contributed by atoms with Crippen molar-refractivity contribution in [1.82, 2.24) is 0 Å². The zero-order valence-corrected chi connectivity index (χ0v) is 13.8. The molecule has 2 nitrogen and oxygen atoms in total. The van der Waals surface area contributed by atoms with Crippen LogP contribution in [-0.4, -0.2) is 22.3 Å². The first-order chi connectivity index (χ1) is 9.74. The minimum absolute atomic E-state index is 0.325. The van der Waals surface area contributed by atoms with E-state index in [1.165, 1.54) is 56.9 Å². The molecule has 0 amide bonds. The van der Waals surface area contributed by atoms with Gasteiger partial charge in [-0.15, -0.1) is 0 Å². The first-order valence-electron chi connectivity index (χ1n) is 8.39. The molecule has 3 heteroatoms. The lowest BCUT2D eigenvalue weighted by atomic mass is 9.78. The zero-order chi connectivity index (χ0) is 14.3. The molecule has 2 aliphatic rings. The Hall–Kier alpha value is -0.310. The fourth-order valence-electron chi connectivity index (χ4n) is 3.56. The van der Waals surface area contributed by atoms with Crippen molar-refractivity contribution in [2.24, 2.45) is 5.41 Å². The van der Waals surface area contributed by atoms with Gasteiger partial charge < -0.3 is 4.74 Å². The largest absolute Gasteiger partial charge is 0.501 e. The minimum atomic E-state index is -0.589. The maximum absolute atomic E-state index is 12.0. The van der Waals surface area contributed by atoms with Gasteiger partial charge >= 0.3 is 0 Å². The molecule has 0 aromatic heterocycles. The highest BCUT2D eigenvalue weighted by Crippen LogP contribution is 2.37. The van der Waals surface area contributed by atoms with E-state index in [9.17, 15) is 4.21 Å². The Kier molecular flexibility index (Phi) is 6.60. The summed E-state index contributed by atoms with van der Waals surface area (Å²) in [5, 5.41) is 0. The van der Waals surface area contributed by atoms with Crippen molar-refractivity contribution >= 4 is 10.8 Å².